The van der Waals surface area contributed by atoms with Gasteiger partial charge in [-0.3, -0.25) is 19.8 Å². The number of hydrogen-bond donors (Lipinski definition) is 2. The van der Waals surface area contributed by atoms with Crippen LogP contribution in [0.25, 0.3) is 54.5 Å². The molecule has 6 aromatic carbocycles. The van der Waals surface area contributed by atoms with Gasteiger partial charge in [0.15, 0.2) is 0 Å². The van der Waals surface area contributed by atoms with E-state index in [4.69, 9.17) is 32.2 Å². The van der Waals surface area contributed by atoms with Gasteiger partial charge in [0, 0.05) is 86.5 Å². The Kier molecular flexibility index (Phi) is 16.7. The van der Waals surface area contributed by atoms with Gasteiger partial charge in [-0.05, 0) is 167 Å². The fraction of sp³-hybridized carbons (Fsp3) is 0.286. The second-order valence-electron chi connectivity index (χ2n) is 22.0. The van der Waals surface area contributed by atoms with Gasteiger partial charge in [-0.2, -0.15) is 0 Å². The van der Waals surface area contributed by atoms with Crippen LogP contribution in [0.15, 0.2) is 153 Å². The van der Waals surface area contributed by atoms with Crippen LogP contribution < -0.4 is 9.47 Å². The molecular weight excluding hydrogens is 1090 g/mol. The molecule has 86 heavy (non-hydrogen) atoms. The molecule has 2 N–H and O–H groups in total. The Morgan fingerprint density at radius 1 is 0.558 bits per heavy atom. The zero-order valence-corrected chi connectivity index (χ0v) is 48.6. The third-order valence-corrected chi connectivity index (χ3v) is 16.7. The third kappa shape index (κ3) is 11.3. The van der Waals surface area contributed by atoms with E-state index in [1.807, 2.05) is 91.0 Å². The van der Waals surface area contributed by atoms with Crippen LogP contribution in [0.4, 0.5) is 4.39 Å². The number of aromatic hydroxyl groups is 2. The first-order chi connectivity index (χ1) is 42.0. The number of pyridine rings is 2. The van der Waals surface area contributed by atoms with Crippen molar-refractivity contribution < 1.29 is 56.4 Å². The minimum atomic E-state index is -0.523. The summed E-state index contributed by atoms with van der Waals surface area (Å²) >= 11 is 0. The van der Waals surface area contributed by atoms with Crippen LogP contribution in [0, 0.1) is 19.7 Å². The lowest BCUT2D eigenvalue weighted by Crippen LogP contribution is -2.34. The number of para-hydroxylation sites is 1. The lowest BCUT2D eigenvalue weighted by atomic mass is 9.88. The van der Waals surface area contributed by atoms with Gasteiger partial charge in [-0.1, -0.05) is 43.2 Å². The number of likely N-dealkylation sites (tertiary alicyclic amines) is 2. The Bertz CT molecular complexity index is 4210. The average molecular weight is 1160 g/mol. The van der Waals surface area contributed by atoms with E-state index in [0.717, 1.165) is 98.1 Å². The summed E-state index contributed by atoms with van der Waals surface area (Å²) in [6.45, 7) is 7.74. The number of carbonyl (C=O) groups is 2. The molecule has 2 aliphatic rings. The summed E-state index contributed by atoms with van der Waals surface area (Å²) in [6.07, 6.45) is 14.8. The molecule has 0 amide bonds. The summed E-state index contributed by atoms with van der Waals surface area (Å²) in [5, 5.41) is 28.8. The minimum Gasteiger partial charge on any atom is -0.507 e. The molecule has 2 aliphatic heterocycles. The standard InChI is InChI=1S/C36H34N2O6.C34H33FN2O5/c1-22-30(36(40)41-2)31-32(33(23-12-15-37-16-13-23)38-17-6-3-7-18-38)34(39)27-11-10-25(21-28(27)35(31)43-22)42-19-14-26-20-24-8-4-5-9-29(24)44-26;1-21-28(34(39)40-2)29-30(31(23-12-15-36-16-13-23)37-17-4-3-5-18-37)32(38)26-11-10-25(20-27(26)33(29)42-21)41-19-14-22-6-8-24(35)9-7-22/h4-5,8-13,15-16,20-21,33,39H,3,6-7,14,17-19H2,1-2H3;6-13,15-16,20,31,38H,3-5,14,17-19H2,1-2H3. The predicted octanol–water partition coefficient (Wildman–Crippen LogP) is 14.8. The molecule has 440 valence electrons. The number of fused-ring (bicyclic) bond motifs is 7. The number of esters is 2. The molecule has 2 unspecified atom stereocenters. The fourth-order valence-corrected chi connectivity index (χ4v) is 12.7. The third-order valence-electron chi connectivity index (χ3n) is 16.7. The highest BCUT2D eigenvalue weighted by Gasteiger charge is 2.36. The van der Waals surface area contributed by atoms with Crippen LogP contribution in [-0.4, -0.2) is 95.5 Å². The van der Waals surface area contributed by atoms with Crippen molar-refractivity contribution in [3.63, 3.8) is 0 Å². The predicted molar refractivity (Wildman–Crippen MR) is 327 cm³/mol. The Hall–Kier alpha value is -9.25. The second-order valence-corrected chi connectivity index (χ2v) is 22.0. The Morgan fingerprint density at radius 2 is 1.02 bits per heavy atom. The molecule has 5 aromatic heterocycles. The normalized spacial score (nSPS) is 14.8. The maximum atomic E-state index is 13.3. The van der Waals surface area contributed by atoms with Gasteiger partial charge < -0.3 is 42.4 Å². The van der Waals surface area contributed by atoms with Crippen molar-refractivity contribution >= 4 is 66.4 Å². The summed E-state index contributed by atoms with van der Waals surface area (Å²) in [6, 6.07) is 34.6. The monoisotopic (exact) mass is 1160 g/mol. The molecule has 15 nitrogen and oxygen atoms in total. The van der Waals surface area contributed by atoms with Crippen molar-refractivity contribution in [3.8, 4) is 23.0 Å². The molecule has 2 atom stereocenters. The smallest absolute Gasteiger partial charge is 0.342 e. The van der Waals surface area contributed by atoms with Gasteiger partial charge in [0.1, 0.15) is 74.0 Å². The molecule has 0 spiro atoms. The van der Waals surface area contributed by atoms with Gasteiger partial charge in [0.05, 0.1) is 39.5 Å². The molecular formula is C70H67FN4O11. The van der Waals surface area contributed by atoms with Crippen LogP contribution >= 0.6 is 0 Å². The van der Waals surface area contributed by atoms with Crippen molar-refractivity contribution in [3.05, 3.63) is 202 Å². The first-order valence-electron chi connectivity index (χ1n) is 29.3. The van der Waals surface area contributed by atoms with E-state index in [1.54, 1.807) is 50.8 Å². The number of piperidine rings is 2. The van der Waals surface area contributed by atoms with Gasteiger partial charge in [-0.15, -0.1) is 0 Å². The SMILES string of the molecule is COC(=O)c1c(C)oc2c1c(C(c1ccncc1)N1CCCCC1)c(O)c1ccc(OCCc3cc4ccccc4o3)cc12.COC(=O)c1c(C)oc2c1c(C(c1ccncc1)N1CCCCC1)c(O)c1ccc(OCCc3ccc(F)cc3)cc12. The summed E-state index contributed by atoms with van der Waals surface area (Å²) in [4.78, 5) is 39.6. The fourth-order valence-electron chi connectivity index (χ4n) is 12.7. The summed E-state index contributed by atoms with van der Waals surface area (Å²) in [7, 11) is 2.71. The molecule has 7 heterocycles. The van der Waals surface area contributed by atoms with Gasteiger partial charge >= 0.3 is 11.9 Å². The molecule has 16 heteroatoms. The van der Waals surface area contributed by atoms with Crippen molar-refractivity contribution in [1.29, 1.82) is 0 Å². The maximum Gasteiger partial charge on any atom is 0.342 e. The van der Waals surface area contributed by atoms with E-state index in [2.05, 4.69) is 19.8 Å². The topological polar surface area (TPSA) is 183 Å². The van der Waals surface area contributed by atoms with Crippen molar-refractivity contribution in [2.75, 3.05) is 53.6 Å². The van der Waals surface area contributed by atoms with Crippen LogP contribution in [0.2, 0.25) is 0 Å². The highest BCUT2D eigenvalue weighted by molar-refractivity contribution is 6.18. The van der Waals surface area contributed by atoms with Crippen molar-refractivity contribution in [2.45, 2.75) is 77.3 Å². The first kappa shape index (κ1) is 57.2. The zero-order valence-electron chi connectivity index (χ0n) is 48.6. The Balaban J connectivity index is 0.000000169. The van der Waals surface area contributed by atoms with Crippen LogP contribution in [0.5, 0.6) is 23.0 Å². The number of rotatable bonds is 16. The van der Waals surface area contributed by atoms with E-state index in [0.29, 0.717) is 115 Å². The van der Waals surface area contributed by atoms with Gasteiger partial charge in [-0.25, -0.2) is 14.0 Å². The zero-order chi connectivity index (χ0) is 59.4. The lowest BCUT2D eigenvalue weighted by molar-refractivity contribution is 0.0591. The highest BCUT2D eigenvalue weighted by atomic mass is 19.1. The number of hydrogen-bond acceptors (Lipinski definition) is 15. The molecule has 2 fully saturated rings. The molecule has 2 saturated heterocycles. The number of aromatic nitrogens is 2. The molecule has 0 bridgehead atoms. The van der Waals surface area contributed by atoms with Crippen LogP contribution in [0.3, 0.4) is 0 Å². The summed E-state index contributed by atoms with van der Waals surface area (Å²) in [5.74, 6) is 1.81. The second kappa shape index (κ2) is 25.1. The molecule has 13 rings (SSSR count). The Labute approximate surface area is 496 Å². The van der Waals surface area contributed by atoms with Gasteiger partial charge in [0.25, 0.3) is 0 Å². The number of methoxy groups -OCH3 is 2. The maximum absolute atomic E-state index is 13.3. The van der Waals surface area contributed by atoms with Crippen LogP contribution in [-0.2, 0) is 22.3 Å². The number of aryl methyl sites for hydroxylation is 2. The number of halogens is 1. The van der Waals surface area contributed by atoms with E-state index < -0.39 is 11.9 Å². The number of benzene rings is 6. The average Bonchev–Trinajstić information content (AvgIpc) is 2.28. The van der Waals surface area contributed by atoms with Crippen molar-refractivity contribution in [2.24, 2.45) is 0 Å². The molecule has 11 aromatic rings. The molecule has 0 radical (unpaired) electrons. The number of ether oxygens (including phenoxy) is 4. The van der Waals surface area contributed by atoms with E-state index in [-0.39, 0.29) is 29.4 Å². The van der Waals surface area contributed by atoms with Crippen molar-refractivity contribution in [1.82, 2.24) is 19.8 Å². The van der Waals surface area contributed by atoms with E-state index in [9.17, 15) is 24.2 Å². The Morgan fingerprint density at radius 3 is 1.49 bits per heavy atom. The highest BCUT2D eigenvalue weighted by Crippen LogP contribution is 2.51. The summed E-state index contributed by atoms with van der Waals surface area (Å²) in [5.41, 5.74) is 6.67. The lowest BCUT2D eigenvalue weighted by Gasteiger charge is -2.36. The number of phenols is 2. The largest absolute Gasteiger partial charge is 0.507 e. The number of carbonyl (C=O) groups excluding carboxylic acids is 2. The minimum absolute atomic E-state index is 0.0914. The summed E-state index contributed by atoms with van der Waals surface area (Å²) < 4.78 is 54.5. The number of phenolic OH excluding ortho intramolecular Hbond substituents is 2. The van der Waals surface area contributed by atoms with E-state index in [1.165, 1.54) is 26.4 Å². The van der Waals surface area contributed by atoms with Gasteiger partial charge in [0.2, 0.25) is 0 Å². The number of furan rings is 3. The first-order valence-corrected chi connectivity index (χ1v) is 29.3. The quantitative estimate of drug-likeness (QED) is 0.0871. The molecule has 0 aliphatic carbocycles. The molecule has 0 saturated carbocycles. The number of nitrogens with zero attached hydrogens (tertiary/aromatic N) is 4. The van der Waals surface area contributed by atoms with Crippen LogP contribution in [0.1, 0.15) is 116 Å². The van der Waals surface area contributed by atoms with E-state index >= 15 is 0 Å².